The van der Waals surface area contributed by atoms with Gasteiger partial charge in [0.25, 0.3) is 0 Å². The molecule has 0 unspecified atom stereocenters. The maximum atomic E-state index is 13.6. The van der Waals surface area contributed by atoms with E-state index in [4.69, 9.17) is 4.74 Å². The fourth-order valence-electron chi connectivity index (χ4n) is 3.81. The Balaban J connectivity index is 1.74. The number of hydrogen-bond donors (Lipinski definition) is 1. The van der Waals surface area contributed by atoms with E-state index in [9.17, 15) is 14.4 Å². The summed E-state index contributed by atoms with van der Waals surface area (Å²) in [7, 11) is 0. The van der Waals surface area contributed by atoms with Crippen molar-refractivity contribution in [3.63, 3.8) is 0 Å². The standard InChI is InChI=1S/C29H35N3O4S/c1-5-36-28(34)24-11-13-25(14-12-24)30-29(35)32(17-21(2)3)20-27(33)31(18-23-9-7-6-8-10-23)19-26-22(4)15-16-37-26/h6-16,21H,5,17-20H2,1-4H3,(H,30,35). The summed E-state index contributed by atoms with van der Waals surface area (Å²) in [6.07, 6.45) is 0. The van der Waals surface area contributed by atoms with E-state index < -0.39 is 5.97 Å². The monoisotopic (exact) mass is 521 g/mol. The lowest BCUT2D eigenvalue weighted by Crippen LogP contribution is -2.45. The van der Waals surface area contributed by atoms with Crippen molar-refractivity contribution in [2.24, 2.45) is 5.92 Å². The topological polar surface area (TPSA) is 79.0 Å². The molecule has 0 aliphatic rings. The van der Waals surface area contributed by atoms with Crippen LogP contribution < -0.4 is 5.32 Å². The van der Waals surface area contributed by atoms with Gasteiger partial charge in [0.2, 0.25) is 5.91 Å². The van der Waals surface area contributed by atoms with Crippen LogP contribution in [-0.4, -0.2) is 47.4 Å². The van der Waals surface area contributed by atoms with Gasteiger partial charge in [-0.2, -0.15) is 0 Å². The van der Waals surface area contributed by atoms with Crippen molar-refractivity contribution in [2.75, 3.05) is 25.0 Å². The quantitative estimate of drug-likeness (QED) is 0.316. The molecule has 0 bridgehead atoms. The van der Waals surface area contributed by atoms with Crippen LogP contribution >= 0.6 is 11.3 Å². The third kappa shape index (κ3) is 8.46. The SMILES string of the molecule is CCOC(=O)c1ccc(NC(=O)N(CC(=O)N(Cc2ccccc2)Cc2sccc2C)CC(C)C)cc1. The Morgan fingerprint density at radius 3 is 2.24 bits per heavy atom. The molecule has 1 N–H and O–H groups in total. The Morgan fingerprint density at radius 1 is 0.946 bits per heavy atom. The summed E-state index contributed by atoms with van der Waals surface area (Å²) in [6, 6.07) is 18.1. The first-order chi connectivity index (χ1) is 17.8. The molecular formula is C29H35N3O4S. The van der Waals surface area contributed by atoms with E-state index in [-0.39, 0.29) is 24.4 Å². The van der Waals surface area contributed by atoms with E-state index >= 15 is 0 Å². The van der Waals surface area contributed by atoms with Crippen LogP contribution in [0.25, 0.3) is 0 Å². The van der Waals surface area contributed by atoms with Gasteiger partial charge in [0.15, 0.2) is 0 Å². The molecule has 2 aromatic carbocycles. The van der Waals surface area contributed by atoms with E-state index in [1.807, 2.05) is 61.4 Å². The van der Waals surface area contributed by atoms with Gasteiger partial charge in [0.1, 0.15) is 6.54 Å². The zero-order chi connectivity index (χ0) is 26.8. The number of nitrogens with zero attached hydrogens (tertiary/aromatic N) is 2. The molecule has 0 fully saturated rings. The first-order valence-corrected chi connectivity index (χ1v) is 13.3. The molecule has 1 aromatic heterocycles. The van der Waals surface area contributed by atoms with Crippen molar-refractivity contribution in [3.8, 4) is 0 Å². The molecule has 1 heterocycles. The number of aryl methyl sites for hydroxylation is 1. The van der Waals surface area contributed by atoms with Gasteiger partial charge >= 0.3 is 12.0 Å². The number of amides is 3. The molecule has 8 heteroatoms. The highest BCUT2D eigenvalue weighted by Crippen LogP contribution is 2.20. The molecule has 0 spiro atoms. The minimum Gasteiger partial charge on any atom is -0.462 e. The third-order valence-corrected chi connectivity index (χ3v) is 6.73. The second-order valence-electron chi connectivity index (χ2n) is 9.26. The number of esters is 1. The van der Waals surface area contributed by atoms with Gasteiger partial charge in [0.05, 0.1) is 18.7 Å². The third-order valence-electron chi connectivity index (χ3n) is 5.72. The van der Waals surface area contributed by atoms with Gasteiger partial charge < -0.3 is 19.9 Å². The summed E-state index contributed by atoms with van der Waals surface area (Å²) in [5.41, 5.74) is 3.13. The highest BCUT2D eigenvalue weighted by atomic mass is 32.1. The number of anilines is 1. The fraction of sp³-hybridized carbons (Fsp3) is 0.345. The van der Waals surface area contributed by atoms with Crippen molar-refractivity contribution in [1.29, 1.82) is 0 Å². The first-order valence-electron chi connectivity index (χ1n) is 12.4. The van der Waals surface area contributed by atoms with Gasteiger partial charge in [0, 0.05) is 23.7 Å². The van der Waals surface area contributed by atoms with E-state index in [0.29, 0.717) is 37.5 Å². The number of thiophene rings is 1. The predicted molar refractivity (Wildman–Crippen MR) is 148 cm³/mol. The summed E-state index contributed by atoms with van der Waals surface area (Å²) in [6.45, 7) is 9.45. The second-order valence-corrected chi connectivity index (χ2v) is 10.3. The van der Waals surface area contributed by atoms with Gasteiger partial charge in [-0.25, -0.2) is 9.59 Å². The van der Waals surface area contributed by atoms with E-state index in [0.717, 1.165) is 16.0 Å². The first kappa shape index (κ1) is 27.9. The maximum absolute atomic E-state index is 13.6. The molecule has 0 aliphatic carbocycles. The zero-order valence-corrected chi connectivity index (χ0v) is 22.7. The summed E-state index contributed by atoms with van der Waals surface area (Å²) in [4.78, 5) is 43.2. The molecule has 0 saturated heterocycles. The van der Waals surface area contributed by atoms with Crippen LogP contribution in [0.1, 0.15) is 47.1 Å². The minimum absolute atomic E-state index is 0.0395. The molecule has 0 radical (unpaired) electrons. The van der Waals surface area contributed by atoms with E-state index in [1.165, 1.54) is 0 Å². The molecule has 37 heavy (non-hydrogen) atoms. The summed E-state index contributed by atoms with van der Waals surface area (Å²) < 4.78 is 5.01. The lowest BCUT2D eigenvalue weighted by molar-refractivity contribution is -0.133. The summed E-state index contributed by atoms with van der Waals surface area (Å²) >= 11 is 1.63. The van der Waals surface area contributed by atoms with Crippen LogP contribution in [-0.2, 0) is 22.6 Å². The Hall–Kier alpha value is -3.65. The van der Waals surface area contributed by atoms with Gasteiger partial charge in [-0.05, 0) is 66.6 Å². The van der Waals surface area contributed by atoms with Crippen molar-refractivity contribution in [3.05, 3.63) is 87.6 Å². The van der Waals surface area contributed by atoms with Crippen LogP contribution in [0, 0.1) is 12.8 Å². The number of rotatable bonds is 11. The lowest BCUT2D eigenvalue weighted by atomic mass is 10.2. The van der Waals surface area contributed by atoms with E-state index in [1.54, 1.807) is 47.4 Å². The molecule has 0 aliphatic heterocycles. The smallest absolute Gasteiger partial charge is 0.338 e. The largest absolute Gasteiger partial charge is 0.462 e. The van der Waals surface area contributed by atoms with Crippen LogP contribution in [0.3, 0.4) is 0 Å². The zero-order valence-electron chi connectivity index (χ0n) is 21.9. The maximum Gasteiger partial charge on any atom is 0.338 e. The van der Waals surface area contributed by atoms with Crippen LogP contribution in [0.2, 0.25) is 0 Å². The highest BCUT2D eigenvalue weighted by Gasteiger charge is 2.23. The predicted octanol–water partition coefficient (Wildman–Crippen LogP) is 5.95. The number of nitrogens with one attached hydrogen (secondary N) is 1. The van der Waals surface area contributed by atoms with Crippen LogP contribution in [0.4, 0.5) is 10.5 Å². The second kappa shape index (κ2) is 13.6. The Labute approximate surface area is 223 Å². The Bertz CT molecular complexity index is 1180. The molecule has 0 saturated carbocycles. The fourth-order valence-corrected chi connectivity index (χ4v) is 4.73. The summed E-state index contributed by atoms with van der Waals surface area (Å²) in [5, 5.41) is 4.89. The van der Waals surface area contributed by atoms with Gasteiger partial charge in [-0.3, -0.25) is 4.79 Å². The molecule has 196 valence electrons. The number of carbonyl (C=O) groups is 3. The van der Waals surface area contributed by atoms with Crippen molar-refractivity contribution in [1.82, 2.24) is 9.80 Å². The summed E-state index contributed by atoms with van der Waals surface area (Å²) in [5.74, 6) is -0.358. The minimum atomic E-state index is -0.410. The van der Waals surface area contributed by atoms with Gasteiger partial charge in [-0.1, -0.05) is 44.2 Å². The molecule has 3 amide bonds. The van der Waals surface area contributed by atoms with E-state index in [2.05, 4.69) is 11.4 Å². The van der Waals surface area contributed by atoms with Crippen LogP contribution in [0.15, 0.2) is 66.0 Å². The molecule has 3 aromatic rings. The Kier molecular flexibility index (Phi) is 10.3. The molecule has 0 atom stereocenters. The normalized spacial score (nSPS) is 10.7. The average Bonchev–Trinajstić information content (AvgIpc) is 3.28. The lowest BCUT2D eigenvalue weighted by Gasteiger charge is -2.29. The number of carbonyl (C=O) groups excluding carboxylic acids is 3. The average molecular weight is 522 g/mol. The Morgan fingerprint density at radius 2 is 1.65 bits per heavy atom. The number of benzene rings is 2. The van der Waals surface area contributed by atoms with Crippen molar-refractivity contribution in [2.45, 2.75) is 40.8 Å². The number of ether oxygens (including phenoxy) is 1. The van der Waals surface area contributed by atoms with Gasteiger partial charge in [-0.15, -0.1) is 11.3 Å². The number of urea groups is 1. The van der Waals surface area contributed by atoms with Crippen LogP contribution in [0.5, 0.6) is 0 Å². The molecule has 7 nitrogen and oxygen atoms in total. The number of hydrogen-bond acceptors (Lipinski definition) is 5. The molecular weight excluding hydrogens is 486 g/mol. The van der Waals surface area contributed by atoms with Crippen molar-refractivity contribution < 1.29 is 19.1 Å². The highest BCUT2D eigenvalue weighted by molar-refractivity contribution is 7.10. The van der Waals surface area contributed by atoms with Crippen molar-refractivity contribution >= 4 is 34.9 Å². The molecule has 3 rings (SSSR count).